The summed E-state index contributed by atoms with van der Waals surface area (Å²) in [6.45, 7) is 0.333. The molecule has 0 atom stereocenters. The number of halogens is 1. The number of hydrogen-bond donors (Lipinski definition) is 4. The van der Waals surface area contributed by atoms with Gasteiger partial charge in [-0.05, 0) is 53.5 Å². The van der Waals surface area contributed by atoms with Gasteiger partial charge in [0.05, 0.1) is 11.3 Å². The van der Waals surface area contributed by atoms with Crippen LogP contribution in [0.1, 0.15) is 15.9 Å². The lowest BCUT2D eigenvalue weighted by Crippen LogP contribution is -2.46. The molecule has 0 fully saturated rings. The fourth-order valence-corrected chi connectivity index (χ4v) is 4.59. The number of carbonyl (C=O) groups excluding carboxylic acids is 1. The number of anilines is 1. The minimum Gasteiger partial charge on any atom is -0.357 e. The van der Waals surface area contributed by atoms with Gasteiger partial charge >= 0.3 is 0 Å². The van der Waals surface area contributed by atoms with Crippen molar-refractivity contribution in [2.24, 2.45) is 0 Å². The summed E-state index contributed by atoms with van der Waals surface area (Å²) in [5, 5.41) is 4.66. The zero-order chi connectivity index (χ0) is 21.6. The molecule has 1 aromatic heterocycles. The predicted molar refractivity (Wildman–Crippen MR) is 118 cm³/mol. The zero-order valence-electron chi connectivity index (χ0n) is 15.4. The molecule has 2 aromatic carbocycles. The van der Waals surface area contributed by atoms with Crippen LogP contribution < -0.4 is 20.9 Å². The Morgan fingerprint density at radius 3 is 2.43 bits per heavy atom. The molecule has 0 aliphatic carbocycles. The van der Waals surface area contributed by atoms with Crippen LogP contribution in [0.5, 0.6) is 0 Å². The minimum atomic E-state index is -3.80. The number of carbonyl (C=O) groups is 1. The SMILES string of the molecule is O=C(NNC(=S)NCc1ccc(F)cc1)c1ccccc1NS(=O)(=O)c1cccs1. The van der Waals surface area contributed by atoms with Crippen LogP contribution in [0.25, 0.3) is 0 Å². The van der Waals surface area contributed by atoms with Gasteiger partial charge in [0, 0.05) is 6.54 Å². The Labute approximate surface area is 182 Å². The van der Waals surface area contributed by atoms with Crippen LogP contribution in [0, 0.1) is 5.82 Å². The fraction of sp³-hybridized carbons (Fsp3) is 0.0526. The first-order chi connectivity index (χ1) is 14.3. The first kappa shape index (κ1) is 21.7. The number of rotatable bonds is 6. The minimum absolute atomic E-state index is 0.117. The molecule has 0 aliphatic rings. The summed E-state index contributed by atoms with van der Waals surface area (Å²) >= 11 is 6.17. The summed E-state index contributed by atoms with van der Waals surface area (Å²) in [5.41, 5.74) is 6.03. The number of sulfonamides is 1. The number of hydrazine groups is 1. The van der Waals surface area contributed by atoms with Gasteiger partial charge in [-0.1, -0.05) is 30.3 Å². The van der Waals surface area contributed by atoms with E-state index >= 15 is 0 Å². The van der Waals surface area contributed by atoms with Gasteiger partial charge in [0.1, 0.15) is 10.0 Å². The van der Waals surface area contributed by atoms with E-state index < -0.39 is 15.9 Å². The molecule has 30 heavy (non-hydrogen) atoms. The number of nitrogens with one attached hydrogen (secondary N) is 4. The lowest BCUT2D eigenvalue weighted by Gasteiger charge is -2.14. The Morgan fingerprint density at radius 1 is 1.00 bits per heavy atom. The van der Waals surface area contributed by atoms with Crippen molar-refractivity contribution in [1.29, 1.82) is 0 Å². The van der Waals surface area contributed by atoms with Crippen molar-refractivity contribution in [3.8, 4) is 0 Å². The molecule has 156 valence electrons. The van der Waals surface area contributed by atoms with Crippen LogP contribution in [0.4, 0.5) is 10.1 Å². The van der Waals surface area contributed by atoms with Gasteiger partial charge in [-0.2, -0.15) is 0 Å². The Bertz CT molecular complexity index is 1130. The van der Waals surface area contributed by atoms with E-state index in [0.29, 0.717) is 6.54 Å². The van der Waals surface area contributed by atoms with E-state index in [0.717, 1.165) is 16.9 Å². The van der Waals surface area contributed by atoms with Gasteiger partial charge in [-0.3, -0.25) is 20.4 Å². The Balaban J connectivity index is 1.59. The van der Waals surface area contributed by atoms with Crippen LogP contribution in [-0.4, -0.2) is 19.4 Å². The van der Waals surface area contributed by atoms with Crippen molar-refractivity contribution in [1.82, 2.24) is 16.2 Å². The zero-order valence-corrected chi connectivity index (χ0v) is 17.8. The van der Waals surface area contributed by atoms with Gasteiger partial charge in [0.25, 0.3) is 15.9 Å². The third-order valence-electron chi connectivity index (χ3n) is 3.83. The molecule has 1 heterocycles. The Kier molecular flexibility index (Phi) is 6.98. The molecule has 11 heteroatoms. The summed E-state index contributed by atoms with van der Waals surface area (Å²) in [4.78, 5) is 12.5. The molecule has 3 aromatic rings. The van der Waals surface area contributed by atoms with E-state index in [9.17, 15) is 17.6 Å². The van der Waals surface area contributed by atoms with Gasteiger partial charge in [-0.15, -0.1) is 11.3 Å². The van der Waals surface area contributed by atoms with Gasteiger partial charge in [0.15, 0.2) is 5.11 Å². The summed E-state index contributed by atoms with van der Waals surface area (Å²) in [5.74, 6) is -0.912. The molecule has 0 saturated carbocycles. The maximum atomic E-state index is 12.9. The third kappa shape index (κ3) is 5.75. The average Bonchev–Trinajstić information content (AvgIpc) is 3.28. The standard InChI is InChI=1S/C19H17FN4O3S3/c20-14-9-7-13(8-10-14)12-21-19(28)23-22-18(25)15-4-1-2-5-16(15)24-30(26,27)17-6-3-11-29-17/h1-11,24H,12H2,(H,22,25)(H2,21,23,28). The number of thiophene rings is 1. The van der Waals surface area contributed by atoms with Crippen molar-refractivity contribution in [3.05, 3.63) is 83.0 Å². The van der Waals surface area contributed by atoms with Crippen LogP contribution in [0.2, 0.25) is 0 Å². The number of hydrogen-bond acceptors (Lipinski definition) is 5. The molecule has 7 nitrogen and oxygen atoms in total. The van der Waals surface area contributed by atoms with E-state index in [4.69, 9.17) is 12.2 Å². The number of para-hydroxylation sites is 1. The second-order valence-corrected chi connectivity index (χ2v) is 9.24. The first-order valence-corrected chi connectivity index (χ1v) is 11.4. The molecule has 4 N–H and O–H groups in total. The molecule has 0 aliphatic heterocycles. The lowest BCUT2D eigenvalue weighted by molar-refractivity contribution is 0.0944. The van der Waals surface area contributed by atoms with Crippen molar-refractivity contribution >= 4 is 50.3 Å². The molecule has 3 rings (SSSR count). The maximum Gasteiger partial charge on any atom is 0.271 e. The van der Waals surface area contributed by atoms with Crippen molar-refractivity contribution in [2.75, 3.05) is 4.72 Å². The average molecular weight is 465 g/mol. The van der Waals surface area contributed by atoms with Crippen molar-refractivity contribution < 1.29 is 17.6 Å². The molecule has 0 unspecified atom stereocenters. The summed E-state index contributed by atoms with van der Waals surface area (Å²) < 4.78 is 40.4. The summed E-state index contributed by atoms with van der Waals surface area (Å²) in [6, 6.07) is 15.2. The largest absolute Gasteiger partial charge is 0.357 e. The van der Waals surface area contributed by atoms with Gasteiger partial charge < -0.3 is 5.32 Å². The number of benzene rings is 2. The van der Waals surface area contributed by atoms with Crippen LogP contribution in [-0.2, 0) is 16.6 Å². The molecule has 0 radical (unpaired) electrons. The highest BCUT2D eigenvalue weighted by Gasteiger charge is 2.19. The van der Waals surface area contributed by atoms with Crippen molar-refractivity contribution in [2.45, 2.75) is 10.8 Å². The van der Waals surface area contributed by atoms with Gasteiger partial charge in [0.2, 0.25) is 0 Å². The topological polar surface area (TPSA) is 99.3 Å². The maximum absolute atomic E-state index is 12.9. The van der Waals surface area contributed by atoms with Gasteiger partial charge in [-0.25, -0.2) is 12.8 Å². The summed E-state index contributed by atoms with van der Waals surface area (Å²) in [7, 11) is -3.80. The van der Waals surface area contributed by atoms with Crippen molar-refractivity contribution in [3.63, 3.8) is 0 Å². The highest BCUT2D eigenvalue weighted by molar-refractivity contribution is 7.94. The molecule has 0 spiro atoms. The second-order valence-electron chi connectivity index (χ2n) is 5.97. The Morgan fingerprint density at radius 2 is 1.73 bits per heavy atom. The lowest BCUT2D eigenvalue weighted by atomic mass is 10.2. The molecular formula is C19H17FN4O3S3. The monoisotopic (exact) mass is 464 g/mol. The highest BCUT2D eigenvalue weighted by Crippen LogP contribution is 2.22. The quantitative estimate of drug-likeness (QED) is 0.331. The molecule has 1 amide bonds. The third-order valence-corrected chi connectivity index (χ3v) is 6.84. The van der Waals surface area contributed by atoms with Crippen LogP contribution >= 0.6 is 23.6 Å². The van der Waals surface area contributed by atoms with E-state index in [1.165, 1.54) is 30.3 Å². The molecular weight excluding hydrogens is 447 g/mol. The second kappa shape index (κ2) is 9.65. The van der Waals surface area contributed by atoms with Crippen LogP contribution in [0.3, 0.4) is 0 Å². The normalized spacial score (nSPS) is 10.8. The van der Waals surface area contributed by atoms with E-state index in [2.05, 4.69) is 20.9 Å². The fourth-order valence-electron chi connectivity index (χ4n) is 2.39. The van der Waals surface area contributed by atoms with E-state index in [1.807, 2.05) is 0 Å². The summed E-state index contributed by atoms with van der Waals surface area (Å²) in [6.07, 6.45) is 0. The smallest absolute Gasteiger partial charge is 0.271 e. The number of amides is 1. The number of thiocarbonyl (C=S) groups is 1. The van der Waals surface area contributed by atoms with E-state index in [-0.39, 0.29) is 26.4 Å². The highest BCUT2D eigenvalue weighted by atomic mass is 32.2. The van der Waals surface area contributed by atoms with Crippen LogP contribution in [0.15, 0.2) is 70.3 Å². The molecule has 0 saturated heterocycles. The Hall–Kier alpha value is -3.02. The van der Waals surface area contributed by atoms with E-state index in [1.54, 1.807) is 35.7 Å². The predicted octanol–water partition coefficient (Wildman–Crippen LogP) is 3.00. The molecule has 0 bridgehead atoms. The first-order valence-electron chi connectivity index (χ1n) is 8.59.